The summed E-state index contributed by atoms with van der Waals surface area (Å²) >= 11 is 0. The van der Waals surface area contributed by atoms with E-state index in [4.69, 9.17) is 4.84 Å². The summed E-state index contributed by atoms with van der Waals surface area (Å²) in [5.41, 5.74) is -1.55. The number of fused-ring (bicyclic) bond motifs is 1. The molecule has 4 aromatic rings. The molecule has 0 spiro atoms. The molecule has 0 N–H and O–H groups in total. The third-order valence-corrected chi connectivity index (χ3v) is 5.26. The van der Waals surface area contributed by atoms with E-state index >= 15 is 0 Å². The van der Waals surface area contributed by atoms with E-state index in [1.807, 2.05) is 0 Å². The van der Waals surface area contributed by atoms with E-state index in [0.29, 0.717) is 5.65 Å². The normalized spacial score (nSPS) is 12.4. The van der Waals surface area contributed by atoms with Crippen molar-refractivity contribution in [3.63, 3.8) is 0 Å². The van der Waals surface area contributed by atoms with Gasteiger partial charge in [-0.05, 0) is 42.0 Å². The molecule has 2 aromatic carbocycles. The Kier molecular flexibility index (Phi) is 6.82. The summed E-state index contributed by atoms with van der Waals surface area (Å²) in [6.45, 7) is 0.259. The molecule has 4 rings (SSSR count). The molecule has 186 valence electrons. The zero-order valence-corrected chi connectivity index (χ0v) is 18.4. The summed E-state index contributed by atoms with van der Waals surface area (Å²) in [5.74, 6) is -0.0859. The van der Waals surface area contributed by atoms with Crippen molar-refractivity contribution in [2.45, 2.75) is 25.3 Å². The monoisotopic (exact) mass is 506 g/mol. The molecule has 0 fully saturated rings. The number of rotatable bonds is 6. The van der Waals surface area contributed by atoms with Crippen LogP contribution in [-0.2, 0) is 18.9 Å². The first-order valence-electron chi connectivity index (χ1n) is 10.6. The molecule has 2 heterocycles. The highest BCUT2D eigenvalue weighted by Gasteiger charge is 2.31. The number of pyridine rings is 1. The molecule has 0 radical (unpaired) electrons. The summed E-state index contributed by atoms with van der Waals surface area (Å²) < 4.78 is 81.0. The minimum absolute atomic E-state index is 0.0713. The molecule has 0 amide bonds. The second kappa shape index (κ2) is 9.84. The van der Waals surface area contributed by atoms with Gasteiger partial charge in [-0.3, -0.25) is 0 Å². The highest BCUT2D eigenvalue weighted by molar-refractivity contribution is 5.63. The SMILES string of the molecule is O=c1c(-c2cccc(C(F)(F)F)c2)c[n+](CCC=NOc2cccc(C(F)(F)F)c2)c2ccccn12. The number of oxime groups is 1. The lowest BCUT2D eigenvalue weighted by molar-refractivity contribution is -0.672. The lowest BCUT2D eigenvalue weighted by atomic mass is 10.1. The van der Waals surface area contributed by atoms with Crippen LogP contribution in [0.2, 0.25) is 0 Å². The number of hydrogen-bond donors (Lipinski definition) is 0. The van der Waals surface area contributed by atoms with Crippen LogP contribution in [0.3, 0.4) is 0 Å². The van der Waals surface area contributed by atoms with E-state index in [2.05, 4.69) is 5.16 Å². The van der Waals surface area contributed by atoms with E-state index in [1.54, 1.807) is 22.8 Å². The second-order valence-corrected chi connectivity index (χ2v) is 7.74. The maximum atomic E-state index is 13.2. The summed E-state index contributed by atoms with van der Waals surface area (Å²) in [5, 5.41) is 3.70. The molecule has 5 nitrogen and oxygen atoms in total. The van der Waals surface area contributed by atoms with Crippen LogP contribution < -0.4 is 15.0 Å². The molecule has 0 aliphatic carbocycles. The summed E-state index contributed by atoms with van der Waals surface area (Å²) in [4.78, 5) is 18.0. The zero-order chi connectivity index (χ0) is 25.9. The number of aryl methyl sites for hydroxylation is 1. The largest absolute Gasteiger partial charge is 0.416 e. The van der Waals surface area contributed by atoms with Gasteiger partial charge in [-0.2, -0.15) is 30.7 Å². The van der Waals surface area contributed by atoms with Gasteiger partial charge in [0.25, 0.3) is 5.65 Å². The van der Waals surface area contributed by atoms with Crippen molar-refractivity contribution in [3.8, 4) is 16.9 Å². The summed E-state index contributed by atoms with van der Waals surface area (Å²) in [7, 11) is 0. The highest BCUT2D eigenvalue weighted by atomic mass is 19.4. The fraction of sp³-hybridized carbons (Fsp3) is 0.160. The maximum Gasteiger partial charge on any atom is 0.416 e. The van der Waals surface area contributed by atoms with Crippen molar-refractivity contribution in [1.82, 2.24) is 4.40 Å². The Bertz CT molecular complexity index is 1480. The average molecular weight is 506 g/mol. The quantitative estimate of drug-likeness (QED) is 0.145. The van der Waals surface area contributed by atoms with Gasteiger partial charge in [0.1, 0.15) is 11.8 Å². The van der Waals surface area contributed by atoms with Crippen molar-refractivity contribution < 1.29 is 35.7 Å². The third-order valence-electron chi connectivity index (χ3n) is 5.26. The maximum absolute atomic E-state index is 13.2. The number of nitrogens with zero attached hydrogens (tertiary/aromatic N) is 3. The molecule has 0 saturated heterocycles. The van der Waals surface area contributed by atoms with Crippen LogP contribution in [0.4, 0.5) is 26.3 Å². The Balaban J connectivity index is 1.58. The number of hydrogen-bond acceptors (Lipinski definition) is 3. The van der Waals surface area contributed by atoms with Crippen LogP contribution in [-0.4, -0.2) is 10.6 Å². The van der Waals surface area contributed by atoms with E-state index < -0.39 is 29.0 Å². The number of alkyl halides is 6. The van der Waals surface area contributed by atoms with Gasteiger partial charge in [-0.1, -0.05) is 29.4 Å². The van der Waals surface area contributed by atoms with Gasteiger partial charge >= 0.3 is 17.9 Å². The minimum Gasteiger partial charge on any atom is -0.357 e. The first kappa shape index (κ1) is 25.0. The Labute approximate surface area is 200 Å². The molecule has 0 atom stereocenters. The first-order chi connectivity index (χ1) is 17.0. The van der Waals surface area contributed by atoms with Crippen molar-refractivity contribution in [1.29, 1.82) is 0 Å². The average Bonchev–Trinajstić information content (AvgIpc) is 2.84. The highest BCUT2D eigenvalue weighted by Crippen LogP contribution is 2.32. The molecule has 36 heavy (non-hydrogen) atoms. The molecule has 0 aliphatic rings. The van der Waals surface area contributed by atoms with Gasteiger partial charge in [0.2, 0.25) is 0 Å². The van der Waals surface area contributed by atoms with Gasteiger partial charge in [-0.25, -0.2) is 9.36 Å². The summed E-state index contributed by atoms with van der Waals surface area (Å²) in [6, 6.07) is 13.8. The van der Waals surface area contributed by atoms with Crippen LogP contribution in [0.25, 0.3) is 16.8 Å². The van der Waals surface area contributed by atoms with Gasteiger partial charge in [0, 0.05) is 18.7 Å². The molecule has 11 heteroatoms. The van der Waals surface area contributed by atoms with Crippen molar-refractivity contribution in [2.75, 3.05) is 0 Å². The molecule has 2 aromatic heterocycles. The first-order valence-corrected chi connectivity index (χ1v) is 10.6. The van der Waals surface area contributed by atoms with Crippen molar-refractivity contribution in [2.24, 2.45) is 5.16 Å². The predicted octanol–water partition coefficient (Wildman–Crippen LogP) is 5.75. The Morgan fingerprint density at radius 1 is 0.889 bits per heavy atom. The van der Waals surface area contributed by atoms with Crippen LogP contribution in [0, 0.1) is 0 Å². The molecular formula is C25H18F6N3O2+. The van der Waals surface area contributed by atoms with Crippen LogP contribution >= 0.6 is 0 Å². The van der Waals surface area contributed by atoms with E-state index in [0.717, 1.165) is 24.3 Å². The number of benzene rings is 2. The van der Waals surface area contributed by atoms with Crippen LogP contribution in [0.15, 0.2) is 89.1 Å². The smallest absolute Gasteiger partial charge is 0.357 e. The molecule has 0 bridgehead atoms. The third kappa shape index (κ3) is 5.56. The van der Waals surface area contributed by atoms with Crippen LogP contribution in [0.1, 0.15) is 17.5 Å². The lowest BCUT2D eigenvalue weighted by Gasteiger charge is -2.09. The fourth-order valence-electron chi connectivity index (χ4n) is 3.56. The van der Waals surface area contributed by atoms with Gasteiger partial charge in [0.15, 0.2) is 5.75 Å². The standard InChI is InChI=1S/C25H18F6N3O2/c26-24(27,28)18-7-3-6-17(14-18)21-16-33(22-10-1-2-13-34(22)23(21)35)12-5-11-32-36-20-9-4-8-19(15-20)25(29,30)31/h1-4,6-11,13-16H,5,12H2/q+1. The second-order valence-electron chi connectivity index (χ2n) is 7.74. The predicted molar refractivity (Wildman–Crippen MR) is 119 cm³/mol. The molecule has 0 unspecified atom stereocenters. The van der Waals surface area contributed by atoms with Crippen LogP contribution in [0.5, 0.6) is 5.75 Å². The zero-order valence-electron chi connectivity index (χ0n) is 18.4. The van der Waals surface area contributed by atoms with Crippen molar-refractivity contribution >= 4 is 11.9 Å². The molecule has 0 aliphatic heterocycles. The van der Waals surface area contributed by atoms with Gasteiger partial charge in [-0.15, -0.1) is 0 Å². The Morgan fingerprint density at radius 3 is 2.31 bits per heavy atom. The fourth-order valence-corrected chi connectivity index (χ4v) is 3.56. The molecule has 0 saturated carbocycles. The Morgan fingerprint density at radius 2 is 1.58 bits per heavy atom. The summed E-state index contributed by atoms with van der Waals surface area (Å²) in [6.07, 6.45) is -4.49. The van der Waals surface area contributed by atoms with E-state index in [1.165, 1.54) is 47.3 Å². The van der Waals surface area contributed by atoms with E-state index in [9.17, 15) is 31.1 Å². The number of aromatic nitrogens is 2. The Hall–Kier alpha value is -4.15. The topological polar surface area (TPSA) is 47.0 Å². The van der Waals surface area contributed by atoms with Crippen molar-refractivity contribution in [3.05, 3.63) is 101 Å². The minimum atomic E-state index is -4.56. The van der Waals surface area contributed by atoms with Gasteiger partial charge in [0.05, 0.1) is 23.9 Å². The number of halogens is 6. The molecular weight excluding hydrogens is 488 g/mol. The lowest BCUT2D eigenvalue weighted by Crippen LogP contribution is -2.40. The van der Waals surface area contributed by atoms with E-state index in [-0.39, 0.29) is 29.8 Å². The van der Waals surface area contributed by atoms with Gasteiger partial charge < -0.3 is 4.84 Å².